The Morgan fingerprint density at radius 2 is 1.46 bits per heavy atom. The monoisotopic (exact) mass is 489 g/mol. The summed E-state index contributed by atoms with van der Waals surface area (Å²) in [5.74, 6) is 1.42. The van der Waals surface area contributed by atoms with Gasteiger partial charge in [0, 0.05) is 18.8 Å². The van der Waals surface area contributed by atoms with Gasteiger partial charge in [0.1, 0.15) is 5.84 Å². The molecule has 0 spiro atoms. The molecule has 37 heavy (non-hydrogen) atoms. The van der Waals surface area contributed by atoms with Crippen molar-refractivity contribution >= 4 is 23.4 Å². The number of rotatable bonds is 1. The van der Waals surface area contributed by atoms with E-state index in [-0.39, 0.29) is 5.92 Å². The first kappa shape index (κ1) is 26.3. The molecule has 1 aliphatic heterocycles. The van der Waals surface area contributed by atoms with Crippen molar-refractivity contribution in [3.63, 3.8) is 0 Å². The molecule has 3 aromatic rings. The van der Waals surface area contributed by atoms with Crippen molar-refractivity contribution in [3.05, 3.63) is 107 Å². The molecule has 2 aliphatic carbocycles. The van der Waals surface area contributed by atoms with Crippen molar-refractivity contribution in [1.29, 1.82) is 0 Å². The molecule has 0 N–H and O–H groups in total. The van der Waals surface area contributed by atoms with E-state index in [1.165, 1.54) is 33.4 Å². The zero-order chi connectivity index (χ0) is 26.5. The maximum atomic E-state index is 5.36. The van der Waals surface area contributed by atoms with Gasteiger partial charge in [-0.1, -0.05) is 107 Å². The van der Waals surface area contributed by atoms with Gasteiger partial charge in [-0.15, -0.1) is 0 Å². The van der Waals surface area contributed by atoms with Gasteiger partial charge in [0.25, 0.3) is 0 Å². The molecule has 2 unspecified atom stereocenters. The normalized spacial score (nSPS) is 18.9. The van der Waals surface area contributed by atoms with Crippen LogP contribution in [-0.2, 0) is 6.42 Å². The molecular weight excluding hydrogens is 450 g/mol. The number of allylic oxidation sites excluding steroid dienone is 3. The van der Waals surface area contributed by atoms with Crippen LogP contribution < -0.4 is 4.90 Å². The number of hydrogen-bond donors (Lipinski definition) is 0. The number of fused-ring (bicyclic) bond motifs is 5. The molecule has 0 radical (unpaired) electrons. The van der Waals surface area contributed by atoms with E-state index in [0.29, 0.717) is 5.92 Å². The smallest absolute Gasteiger partial charge is 0.140 e. The van der Waals surface area contributed by atoms with Crippen LogP contribution in [0.4, 0.5) is 11.4 Å². The average molecular weight is 490 g/mol. The molecule has 3 nitrogen and oxygen atoms in total. The van der Waals surface area contributed by atoms with Crippen LogP contribution in [0.25, 0.3) is 11.1 Å². The van der Waals surface area contributed by atoms with Gasteiger partial charge in [0.05, 0.1) is 23.0 Å². The molecule has 6 rings (SSSR count). The molecule has 0 aromatic heterocycles. The first-order valence-electron chi connectivity index (χ1n) is 13.7. The zero-order valence-electron chi connectivity index (χ0n) is 23.3. The number of anilines is 1. The van der Waals surface area contributed by atoms with Gasteiger partial charge < -0.3 is 4.90 Å². The van der Waals surface area contributed by atoms with E-state index >= 15 is 0 Å². The fraction of sp³-hybridized carbons (Fsp3) is 0.294. The highest BCUT2D eigenvalue weighted by Gasteiger charge is 2.27. The second-order valence-corrected chi connectivity index (χ2v) is 9.24. The summed E-state index contributed by atoms with van der Waals surface area (Å²) in [6.07, 6.45) is 7.59. The van der Waals surface area contributed by atoms with Crippen LogP contribution in [0.15, 0.2) is 100 Å². The van der Waals surface area contributed by atoms with E-state index in [0.717, 1.165) is 29.3 Å². The quantitative estimate of drug-likeness (QED) is 0.245. The average Bonchev–Trinajstić information content (AvgIpc) is 3.35. The third kappa shape index (κ3) is 4.96. The number of aliphatic imine (C=N–C) groups is 2. The molecule has 3 aliphatic rings. The summed E-state index contributed by atoms with van der Waals surface area (Å²) in [6, 6.07) is 23.7. The van der Waals surface area contributed by atoms with Crippen molar-refractivity contribution in [1.82, 2.24) is 0 Å². The summed E-state index contributed by atoms with van der Waals surface area (Å²) >= 11 is 0. The van der Waals surface area contributed by atoms with Gasteiger partial charge in [0.15, 0.2) is 0 Å². The highest BCUT2D eigenvalue weighted by Crippen LogP contribution is 2.40. The Kier molecular flexibility index (Phi) is 8.23. The number of amidine groups is 1. The van der Waals surface area contributed by atoms with Gasteiger partial charge >= 0.3 is 0 Å². The summed E-state index contributed by atoms with van der Waals surface area (Å²) in [5.41, 5.74) is 11.1. The van der Waals surface area contributed by atoms with Gasteiger partial charge in [-0.25, -0.2) is 4.99 Å². The Morgan fingerprint density at radius 1 is 0.784 bits per heavy atom. The molecule has 2 atom stereocenters. The van der Waals surface area contributed by atoms with Gasteiger partial charge in [0.2, 0.25) is 0 Å². The Morgan fingerprint density at radius 3 is 2.27 bits per heavy atom. The third-order valence-electron chi connectivity index (χ3n) is 7.18. The molecule has 190 valence electrons. The topological polar surface area (TPSA) is 28.0 Å². The minimum absolute atomic E-state index is 0.0738. The number of nitrogens with zero attached hydrogens (tertiary/aromatic N) is 3. The lowest BCUT2D eigenvalue weighted by Gasteiger charge is -2.26. The van der Waals surface area contributed by atoms with Gasteiger partial charge in [-0.3, -0.25) is 4.99 Å². The van der Waals surface area contributed by atoms with Crippen LogP contribution in [0, 0.1) is 11.8 Å². The lowest BCUT2D eigenvalue weighted by molar-refractivity contribution is 0.783. The van der Waals surface area contributed by atoms with Crippen molar-refractivity contribution in [2.45, 2.75) is 48.0 Å². The van der Waals surface area contributed by atoms with Crippen molar-refractivity contribution in [2.75, 3.05) is 11.9 Å². The predicted octanol–water partition coefficient (Wildman–Crippen LogP) is 9.01. The van der Waals surface area contributed by atoms with E-state index in [2.05, 4.69) is 105 Å². The SMILES string of the molecule is CC.CC.CC1=CC2C=Nc3ccccc3N(C)C(c3cccc4c3Cc3ccccc3-4)=NC2=CC1C. The maximum Gasteiger partial charge on any atom is 0.140 e. The van der Waals surface area contributed by atoms with E-state index in [1.54, 1.807) is 0 Å². The number of para-hydroxylation sites is 2. The highest BCUT2D eigenvalue weighted by atomic mass is 15.2. The van der Waals surface area contributed by atoms with Crippen LogP contribution in [-0.4, -0.2) is 19.1 Å². The summed E-state index contributed by atoms with van der Waals surface area (Å²) < 4.78 is 0. The van der Waals surface area contributed by atoms with E-state index in [4.69, 9.17) is 9.98 Å². The minimum Gasteiger partial charge on any atom is -0.327 e. The van der Waals surface area contributed by atoms with E-state index in [9.17, 15) is 0 Å². The van der Waals surface area contributed by atoms with Crippen molar-refractivity contribution < 1.29 is 0 Å². The largest absolute Gasteiger partial charge is 0.327 e. The fourth-order valence-electron chi connectivity index (χ4n) is 5.19. The zero-order valence-corrected chi connectivity index (χ0v) is 23.3. The second kappa shape index (κ2) is 11.6. The Labute approximate surface area is 223 Å². The first-order chi connectivity index (χ1) is 18.1. The lowest BCUT2D eigenvalue weighted by atomic mass is 9.88. The maximum absolute atomic E-state index is 5.36. The molecular formula is C34H39N3. The highest BCUT2D eigenvalue weighted by molar-refractivity contribution is 6.13. The molecule has 3 aromatic carbocycles. The summed E-state index contributed by atoms with van der Waals surface area (Å²) in [7, 11) is 2.11. The Hall–Kier alpha value is -3.72. The van der Waals surface area contributed by atoms with Crippen LogP contribution >= 0.6 is 0 Å². The summed E-state index contributed by atoms with van der Waals surface area (Å²) in [6.45, 7) is 12.4. The fourth-order valence-corrected chi connectivity index (χ4v) is 5.19. The van der Waals surface area contributed by atoms with E-state index < -0.39 is 0 Å². The number of benzene rings is 3. The van der Waals surface area contributed by atoms with Crippen LogP contribution in [0.5, 0.6) is 0 Å². The predicted molar refractivity (Wildman–Crippen MR) is 161 cm³/mol. The first-order valence-corrected chi connectivity index (χ1v) is 13.7. The molecule has 0 saturated heterocycles. The number of hydrogen-bond acceptors (Lipinski definition) is 3. The Balaban J connectivity index is 0.000000765. The second-order valence-electron chi connectivity index (χ2n) is 9.24. The van der Waals surface area contributed by atoms with Gasteiger partial charge in [-0.2, -0.15) is 0 Å². The van der Waals surface area contributed by atoms with Crippen LogP contribution in [0.3, 0.4) is 0 Å². The molecule has 1 heterocycles. The van der Waals surface area contributed by atoms with Crippen molar-refractivity contribution in [3.8, 4) is 11.1 Å². The summed E-state index contributed by atoms with van der Waals surface area (Å²) in [4.78, 5) is 12.5. The lowest BCUT2D eigenvalue weighted by Crippen LogP contribution is -2.29. The van der Waals surface area contributed by atoms with Crippen LogP contribution in [0.1, 0.15) is 58.2 Å². The third-order valence-corrected chi connectivity index (χ3v) is 7.18. The van der Waals surface area contributed by atoms with Crippen molar-refractivity contribution in [2.24, 2.45) is 21.8 Å². The van der Waals surface area contributed by atoms with E-state index in [1.807, 2.05) is 33.9 Å². The molecule has 0 saturated carbocycles. The van der Waals surface area contributed by atoms with Gasteiger partial charge in [-0.05, 0) is 53.6 Å². The Bertz CT molecular complexity index is 1390. The standard InChI is InChI=1S/C30H27N3.2C2H6/c1-19-15-22-18-31-27-13-6-7-14-29(27)33(3)30(32-28(22)16-20(19)2)25-12-8-11-24-23-10-5-4-9-21(23)17-26(24)25;2*1-2/h4-16,18,20,22H,17H2,1-3H3;2*1-2H3. The molecule has 0 fully saturated rings. The molecule has 0 bridgehead atoms. The molecule has 0 amide bonds. The minimum atomic E-state index is 0.0738. The molecule has 3 heteroatoms. The summed E-state index contributed by atoms with van der Waals surface area (Å²) in [5, 5.41) is 0. The van der Waals surface area contributed by atoms with Crippen LogP contribution in [0.2, 0.25) is 0 Å².